The normalized spacial score (nSPS) is 10.4. The Labute approximate surface area is 106 Å². The molecule has 0 fully saturated rings. The summed E-state index contributed by atoms with van der Waals surface area (Å²) >= 11 is 0. The number of carbonyl (C=O) groups is 1. The van der Waals surface area contributed by atoms with E-state index in [2.05, 4.69) is 12.1 Å². The monoisotopic (exact) mass is 234 g/mol. The molecule has 0 bridgehead atoms. The number of hydrogen-bond donors (Lipinski definition) is 0. The molecule has 1 aromatic rings. The quantitative estimate of drug-likeness (QED) is 0.741. The zero-order valence-electron chi connectivity index (χ0n) is 11.9. The van der Waals surface area contributed by atoms with Gasteiger partial charge in [-0.25, -0.2) is 0 Å². The number of Topliss-reactive ketones (excluding diaryl/α,β-unsaturated/α-hetero) is 1. The van der Waals surface area contributed by atoms with Gasteiger partial charge in [0.2, 0.25) is 0 Å². The molecule has 96 valence electrons. The molecule has 0 aromatic heterocycles. The third-order valence-corrected chi connectivity index (χ3v) is 2.55. The van der Waals surface area contributed by atoms with E-state index in [1.807, 2.05) is 52.8 Å². The average molecular weight is 234 g/mol. The first kappa shape index (κ1) is 15.9. The van der Waals surface area contributed by atoms with Crippen molar-refractivity contribution in [3.63, 3.8) is 0 Å². The molecule has 1 rings (SSSR count). The molecular weight excluding hydrogens is 208 g/mol. The number of carbonyl (C=O) groups excluding carboxylic acids is 1. The van der Waals surface area contributed by atoms with Gasteiger partial charge in [-0.15, -0.1) is 0 Å². The van der Waals surface area contributed by atoms with Crippen LogP contribution in [-0.4, -0.2) is 5.78 Å². The summed E-state index contributed by atoms with van der Waals surface area (Å²) in [4.78, 5) is 11.7. The minimum Gasteiger partial charge on any atom is -0.299 e. The summed E-state index contributed by atoms with van der Waals surface area (Å²) in [5.41, 5.74) is 1.13. The lowest BCUT2D eigenvalue weighted by Gasteiger charge is -2.16. The lowest BCUT2D eigenvalue weighted by molar-refractivity contribution is -0.126. The first-order chi connectivity index (χ1) is 8.00. The largest absolute Gasteiger partial charge is 0.299 e. The van der Waals surface area contributed by atoms with Crippen LogP contribution in [0.1, 0.15) is 53.0 Å². The van der Waals surface area contributed by atoms with E-state index in [4.69, 9.17) is 0 Å². The second-order valence-electron chi connectivity index (χ2n) is 5.01. The molecule has 0 saturated carbocycles. The summed E-state index contributed by atoms with van der Waals surface area (Å²) in [7, 11) is 0. The fourth-order valence-electron chi connectivity index (χ4n) is 1.47. The van der Waals surface area contributed by atoms with Crippen LogP contribution in [0.2, 0.25) is 0 Å². The summed E-state index contributed by atoms with van der Waals surface area (Å²) in [6.07, 6.45) is 2.65. The fraction of sp³-hybridized carbons (Fsp3) is 0.562. The van der Waals surface area contributed by atoms with Crippen molar-refractivity contribution in [1.29, 1.82) is 0 Å². The molecule has 17 heavy (non-hydrogen) atoms. The van der Waals surface area contributed by atoms with Crippen LogP contribution in [0.4, 0.5) is 0 Å². The van der Waals surface area contributed by atoms with E-state index in [1.165, 1.54) is 5.56 Å². The van der Waals surface area contributed by atoms with Crippen molar-refractivity contribution in [2.24, 2.45) is 5.41 Å². The van der Waals surface area contributed by atoms with Crippen molar-refractivity contribution < 1.29 is 4.79 Å². The van der Waals surface area contributed by atoms with Gasteiger partial charge in [0.05, 0.1) is 0 Å². The highest BCUT2D eigenvalue weighted by Gasteiger charge is 2.19. The van der Waals surface area contributed by atoms with Crippen molar-refractivity contribution in [2.45, 2.75) is 53.9 Å². The molecule has 1 aromatic carbocycles. The van der Waals surface area contributed by atoms with Gasteiger partial charge >= 0.3 is 0 Å². The average Bonchev–Trinajstić information content (AvgIpc) is 2.32. The molecule has 1 heteroatoms. The van der Waals surface area contributed by atoms with E-state index >= 15 is 0 Å². The Morgan fingerprint density at radius 2 is 1.59 bits per heavy atom. The summed E-state index contributed by atoms with van der Waals surface area (Å²) < 4.78 is 0. The predicted octanol–water partition coefficient (Wildman–Crippen LogP) is 4.65. The van der Waals surface area contributed by atoms with Gasteiger partial charge in [0.1, 0.15) is 5.78 Å². The maximum absolute atomic E-state index is 11.7. The van der Waals surface area contributed by atoms with Gasteiger partial charge in [0.15, 0.2) is 0 Å². The smallest absolute Gasteiger partial charge is 0.138 e. The van der Waals surface area contributed by atoms with Crippen LogP contribution in [0.5, 0.6) is 0 Å². The summed E-state index contributed by atoms with van der Waals surface area (Å²) in [5.74, 6) is 0.360. The molecule has 0 heterocycles. The minimum atomic E-state index is -0.184. The van der Waals surface area contributed by atoms with Crippen LogP contribution >= 0.6 is 0 Å². The van der Waals surface area contributed by atoms with Gasteiger partial charge in [-0.05, 0) is 18.4 Å². The first-order valence-electron chi connectivity index (χ1n) is 6.57. The topological polar surface area (TPSA) is 17.1 Å². The Morgan fingerprint density at radius 1 is 1.06 bits per heavy atom. The van der Waals surface area contributed by atoms with Crippen LogP contribution in [0.3, 0.4) is 0 Å². The fourth-order valence-corrected chi connectivity index (χ4v) is 1.47. The predicted molar refractivity (Wildman–Crippen MR) is 75.2 cm³/mol. The summed E-state index contributed by atoms with van der Waals surface area (Å²) in [6, 6.07) is 10.3. The molecule has 0 amide bonds. The third-order valence-electron chi connectivity index (χ3n) is 2.55. The maximum atomic E-state index is 11.7. The molecular formula is C16H26O. The molecule has 0 aliphatic heterocycles. The highest BCUT2D eigenvalue weighted by molar-refractivity contribution is 5.83. The lowest BCUT2D eigenvalue weighted by Crippen LogP contribution is -2.19. The van der Waals surface area contributed by atoms with E-state index in [1.54, 1.807) is 0 Å². The summed E-state index contributed by atoms with van der Waals surface area (Å²) in [5, 5.41) is 0. The molecule has 0 saturated heterocycles. The van der Waals surface area contributed by atoms with E-state index < -0.39 is 0 Å². The van der Waals surface area contributed by atoms with Gasteiger partial charge in [0, 0.05) is 11.8 Å². The Hall–Kier alpha value is -1.11. The molecule has 0 unspecified atom stereocenters. The first-order valence-corrected chi connectivity index (χ1v) is 6.57. The zero-order valence-corrected chi connectivity index (χ0v) is 11.9. The van der Waals surface area contributed by atoms with E-state index in [0.717, 1.165) is 12.8 Å². The number of aryl methyl sites for hydroxylation is 1. The molecule has 0 spiro atoms. The van der Waals surface area contributed by atoms with Gasteiger partial charge in [-0.2, -0.15) is 0 Å². The Balaban J connectivity index is 0.00000121. The zero-order chi connectivity index (χ0) is 13.3. The minimum absolute atomic E-state index is 0.184. The Bertz CT molecular complexity index is 306. The highest BCUT2D eigenvalue weighted by atomic mass is 16.1. The maximum Gasteiger partial charge on any atom is 0.138 e. The molecule has 0 N–H and O–H groups in total. The molecule has 0 atom stereocenters. The van der Waals surface area contributed by atoms with Crippen molar-refractivity contribution in [3.8, 4) is 0 Å². The third kappa shape index (κ3) is 6.93. The second-order valence-corrected chi connectivity index (χ2v) is 5.01. The standard InChI is InChI=1S/C14H20O.C2H6/c1-14(2,3)13(15)11-7-10-12-8-5-4-6-9-12;1-2/h4-6,8-9H,7,10-11H2,1-3H3;1-2H3. The molecule has 0 aliphatic rings. The van der Waals surface area contributed by atoms with E-state index in [9.17, 15) is 4.79 Å². The summed E-state index contributed by atoms with van der Waals surface area (Å²) in [6.45, 7) is 9.95. The van der Waals surface area contributed by atoms with Crippen molar-refractivity contribution in [1.82, 2.24) is 0 Å². The van der Waals surface area contributed by atoms with Gasteiger partial charge < -0.3 is 0 Å². The van der Waals surface area contributed by atoms with Crippen LogP contribution < -0.4 is 0 Å². The van der Waals surface area contributed by atoms with Crippen LogP contribution in [-0.2, 0) is 11.2 Å². The SMILES string of the molecule is CC.CC(C)(C)C(=O)CCCc1ccccc1. The van der Waals surface area contributed by atoms with Gasteiger partial charge in [-0.1, -0.05) is 65.0 Å². The van der Waals surface area contributed by atoms with E-state index in [-0.39, 0.29) is 5.41 Å². The number of rotatable bonds is 4. The lowest BCUT2D eigenvalue weighted by atomic mass is 9.87. The molecule has 0 aliphatic carbocycles. The van der Waals surface area contributed by atoms with Crippen molar-refractivity contribution >= 4 is 5.78 Å². The number of ketones is 1. The van der Waals surface area contributed by atoms with Gasteiger partial charge in [-0.3, -0.25) is 4.79 Å². The van der Waals surface area contributed by atoms with Crippen LogP contribution in [0, 0.1) is 5.41 Å². The Kier molecular flexibility index (Phi) is 7.53. The Morgan fingerprint density at radius 3 is 2.06 bits per heavy atom. The van der Waals surface area contributed by atoms with E-state index in [0.29, 0.717) is 12.2 Å². The molecule has 1 nitrogen and oxygen atoms in total. The van der Waals surface area contributed by atoms with Crippen molar-refractivity contribution in [3.05, 3.63) is 35.9 Å². The number of hydrogen-bond acceptors (Lipinski definition) is 1. The van der Waals surface area contributed by atoms with Gasteiger partial charge in [0.25, 0.3) is 0 Å². The number of benzene rings is 1. The van der Waals surface area contributed by atoms with Crippen LogP contribution in [0.25, 0.3) is 0 Å². The van der Waals surface area contributed by atoms with Crippen molar-refractivity contribution in [2.75, 3.05) is 0 Å². The molecule has 0 radical (unpaired) electrons. The highest BCUT2D eigenvalue weighted by Crippen LogP contribution is 2.18. The van der Waals surface area contributed by atoms with Crippen LogP contribution in [0.15, 0.2) is 30.3 Å². The second kappa shape index (κ2) is 8.05.